The molecule has 1 aromatic carbocycles. The van der Waals surface area contributed by atoms with Gasteiger partial charge < -0.3 is 25.7 Å². The third-order valence-corrected chi connectivity index (χ3v) is 4.70. The van der Waals surface area contributed by atoms with Gasteiger partial charge in [0.1, 0.15) is 5.70 Å². The van der Waals surface area contributed by atoms with Gasteiger partial charge in [0.05, 0.1) is 19.4 Å². The van der Waals surface area contributed by atoms with Crippen LogP contribution in [0.1, 0.15) is 25.3 Å². The highest BCUT2D eigenvalue weighted by Crippen LogP contribution is 2.18. The van der Waals surface area contributed by atoms with Crippen LogP contribution in [0.3, 0.4) is 0 Å². The summed E-state index contributed by atoms with van der Waals surface area (Å²) < 4.78 is 5.42. The van der Waals surface area contributed by atoms with Crippen LogP contribution in [0.25, 0.3) is 0 Å². The highest BCUT2D eigenvalue weighted by atomic mass is 16.5. The third-order valence-electron chi connectivity index (χ3n) is 4.70. The molecule has 140 valence electrons. The van der Waals surface area contributed by atoms with Crippen LogP contribution < -0.4 is 21.8 Å². The molecule has 0 aromatic heterocycles. The molecule has 1 heterocycles. The van der Waals surface area contributed by atoms with E-state index in [1.165, 1.54) is 11.3 Å². The number of hydrogen-bond acceptors (Lipinski definition) is 5. The molecule has 0 bridgehead atoms. The Morgan fingerprint density at radius 3 is 2.64 bits per heavy atom. The lowest BCUT2D eigenvalue weighted by Crippen LogP contribution is -2.50. The molecule has 1 fully saturated rings. The molecule has 1 saturated heterocycles. The summed E-state index contributed by atoms with van der Waals surface area (Å²) in [5.74, 6) is 6.27. The first-order valence-corrected chi connectivity index (χ1v) is 9.26. The number of nitrogens with one attached hydrogen (secondary N) is 1. The molecule has 6 nitrogen and oxygen atoms in total. The minimum absolute atomic E-state index is 0.278. The molecule has 1 atom stereocenters. The second-order valence-corrected chi connectivity index (χ2v) is 6.62. The van der Waals surface area contributed by atoms with Crippen molar-refractivity contribution in [2.45, 2.75) is 32.2 Å². The minimum atomic E-state index is 0.278. The molecule has 0 amide bonds. The maximum Gasteiger partial charge on any atom is 0.123 e. The van der Waals surface area contributed by atoms with Gasteiger partial charge in [-0.05, 0) is 37.6 Å². The summed E-state index contributed by atoms with van der Waals surface area (Å²) >= 11 is 0. The van der Waals surface area contributed by atoms with Crippen LogP contribution in [0, 0.1) is 0 Å². The number of hydrazine groups is 1. The third kappa shape index (κ3) is 6.32. The van der Waals surface area contributed by atoms with E-state index in [4.69, 9.17) is 10.6 Å². The van der Waals surface area contributed by atoms with Crippen molar-refractivity contribution in [3.8, 4) is 0 Å². The van der Waals surface area contributed by atoms with Crippen LogP contribution in [0.15, 0.2) is 36.2 Å². The van der Waals surface area contributed by atoms with Crippen LogP contribution in [0.5, 0.6) is 0 Å². The van der Waals surface area contributed by atoms with Crippen molar-refractivity contribution in [1.29, 1.82) is 0 Å². The van der Waals surface area contributed by atoms with Crippen LogP contribution in [0.4, 0.5) is 5.69 Å². The molecule has 0 aliphatic carbocycles. The van der Waals surface area contributed by atoms with E-state index in [0.29, 0.717) is 0 Å². The molecule has 0 saturated carbocycles. The topological polar surface area (TPSA) is 81.4 Å². The number of benzene rings is 1. The van der Waals surface area contributed by atoms with Gasteiger partial charge in [-0.3, -0.25) is 0 Å². The fraction of sp³-hybridized carbons (Fsp3) is 0.579. The highest BCUT2D eigenvalue weighted by molar-refractivity contribution is 5.48. The van der Waals surface area contributed by atoms with Gasteiger partial charge in [0.2, 0.25) is 0 Å². The molecule has 0 radical (unpaired) electrons. The number of rotatable bonds is 9. The Balaban J connectivity index is 1.93. The first kappa shape index (κ1) is 19.7. The molecule has 6 heteroatoms. The van der Waals surface area contributed by atoms with E-state index in [9.17, 15) is 0 Å². The smallest absolute Gasteiger partial charge is 0.123 e. The van der Waals surface area contributed by atoms with Gasteiger partial charge in [-0.1, -0.05) is 19.1 Å². The van der Waals surface area contributed by atoms with E-state index in [-0.39, 0.29) is 6.04 Å². The summed E-state index contributed by atoms with van der Waals surface area (Å²) in [5.41, 5.74) is 7.73. The normalized spacial score (nSPS) is 16.8. The van der Waals surface area contributed by atoms with E-state index in [1.54, 1.807) is 0 Å². The molecule has 2 rings (SSSR count). The zero-order valence-corrected chi connectivity index (χ0v) is 15.7. The number of nitrogens with two attached hydrogens (primary N) is 1. The summed E-state index contributed by atoms with van der Waals surface area (Å²) in [6.45, 7) is 6.67. The van der Waals surface area contributed by atoms with Crippen molar-refractivity contribution in [1.82, 2.24) is 10.3 Å². The first-order valence-electron chi connectivity index (χ1n) is 9.26. The zero-order chi connectivity index (χ0) is 18.1. The number of hydrogen-bond donors (Lipinski definition) is 3. The predicted molar refractivity (Wildman–Crippen MR) is 103 cm³/mol. The second-order valence-electron chi connectivity index (χ2n) is 6.62. The summed E-state index contributed by atoms with van der Waals surface area (Å²) in [5, 5.41) is 4.96. The van der Waals surface area contributed by atoms with Gasteiger partial charge in [-0.15, -0.1) is 0 Å². The first-order chi connectivity index (χ1) is 12.1. The predicted octanol–water partition coefficient (Wildman–Crippen LogP) is 0.713. The fourth-order valence-electron chi connectivity index (χ4n) is 3.06. The van der Waals surface area contributed by atoms with Crippen molar-refractivity contribution in [3.63, 3.8) is 0 Å². The lowest BCUT2D eigenvalue weighted by Gasteiger charge is -2.29. The average Bonchev–Trinajstić information content (AvgIpc) is 2.65. The molecule has 0 spiro atoms. The lowest BCUT2D eigenvalue weighted by atomic mass is 10.0. The summed E-state index contributed by atoms with van der Waals surface area (Å²) in [6, 6.07) is 9.14. The lowest BCUT2D eigenvalue weighted by molar-refractivity contribution is -0.308. The Kier molecular flexibility index (Phi) is 8.21. The molecule has 1 aromatic rings. The molecule has 6 N–H and O–H groups in total. The van der Waals surface area contributed by atoms with Crippen LogP contribution in [-0.4, -0.2) is 50.9 Å². The molecule has 0 unspecified atom stereocenters. The minimum Gasteiger partial charge on any atom is -0.378 e. The van der Waals surface area contributed by atoms with E-state index >= 15 is 0 Å². The second kappa shape index (κ2) is 10.4. The summed E-state index contributed by atoms with van der Waals surface area (Å²) in [6.07, 6.45) is 4.83. The maximum atomic E-state index is 6.27. The molecular formula is C19H34N5O+. The number of nitrogens with zero attached hydrogens (tertiary/aromatic N) is 2. The van der Waals surface area contributed by atoms with Gasteiger partial charge in [0.15, 0.2) is 0 Å². The summed E-state index contributed by atoms with van der Waals surface area (Å²) in [4.78, 5) is 2.37. The number of ether oxygens (including phenoxy) is 1. The fourth-order valence-corrected chi connectivity index (χ4v) is 3.06. The maximum absolute atomic E-state index is 6.27. The van der Waals surface area contributed by atoms with Gasteiger partial charge in [0.25, 0.3) is 0 Å². The standard InChI is InChI=1S/C19H33N5O/c1-3-18(24(21)15-17(20)8-9-22-2)14-16-4-6-19(7-5-16)23-10-12-25-13-11-23/h4-7,15,18,22H,3,8-14,20-21H2,1-2H3/p+1/b17-15-/t18-/m1/s1. The number of quaternary nitrogens is 1. The van der Waals surface area contributed by atoms with E-state index in [1.807, 2.05) is 18.3 Å². The van der Waals surface area contributed by atoms with Crippen molar-refractivity contribution in [3.05, 3.63) is 41.7 Å². The monoisotopic (exact) mass is 348 g/mol. The van der Waals surface area contributed by atoms with Crippen LogP contribution in [-0.2, 0) is 11.2 Å². The molecule has 25 heavy (non-hydrogen) atoms. The van der Waals surface area contributed by atoms with Crippen LogP contribution >= 0.6 is 0 Å². The molecular weight excluding hydrogens is 314 g/mol. The zero-order valence-electron chi connectivity index (χ0n) is 15.7. The van der Waals surface area contributed by atoms with Crippen molar-refractivity contribution in [2.75, 3.05) is 44.8 Å². The Hall–Kier alpha value is -1.60. The van der Waals surface area contributed by atoms with E-state index in [2.05, 4.69) is 47.1 Å². The molecule has 1 aliphatic rings. The van der Waals surface area contributed by atoms with Gasteiger partial charge in [-0.25, -0.2) is 5.84 Å². The number of morpholine rings is 1. The Labute approximate surface area is 151 Å². The highest BCUT2D eigenvalue weighted by Gasteiger charge is 2.14. The van der Waals surface area contributed by atoms with Crippen LogP contribution in [0.2, 0.25) is 0 Å². The van der Waals surface area contributed by atoms with Crippen molar-refractivity contribution >= 4 is 5.69 Å². The van der Waals surface area contributed by atoms with Gasteiger partial charge >= 0.3 is 0 Å². The Morgan fingerprint density at radius 2 is 2.04 bits per heavy atom. The quantitative estimate of drug-likeness (QED) is 0.452. The largest absolute Gasteiger partial charge is 0.378 e. The van der Waals surface area contributed by atoms with Gasteiger partial charge in [-0.2, -0.15) is 0 Å². The average molecular weight is 349 g/mol. The Morgan fingerprint density at radius 1 is 1.36 bits per heavy atom. The Bertz CT molecular complexity index is 525. The van der Waals surface area contributed by atoms with Crippen molar-refractivity contribution < 1.29 is 10.5 Å². The van der Waals surface area contributed by atoms with Gasteiger partial charge in [0, 0.05) is 37.8 Å². The van der Waals surface area contributed by atoms with E-state index in [0.717, 1.165) is 57.8 Å². The number of anilines is 1. The van der Waals surface area contributed by atoms with Crippen molar-refractivity contribution in [2.24, 2.45) is 5.84 Å². The molecule has 1 aliphatic heterocycles. The summed E-state index contributed by atoms with van der Waals surface area (Å²) in [7, 11) is 1.95. The SMILES string of the molecule is CC[C@H](Cc1ccc(N2CCOCC2)cc1)N(N)/C=C(\[NH3+])CCNC. The van der Waals surface area contributed by atoms with E-state index < -0.39 is 0 Å².